The van der Waals surface area contributed by atoms with Crippen molar-refractivity contribution in [2.24, 2.45) is 4.99 Å². The number of anilines is 1. The minimum atomic E-state index is 0.941. The number of allylic oxidation sites excluding steroid dienone is 3. The number of fused-ring (bicyclic) bond motifs is 1. The summed E-state index contributed by atoms with van der Waals surface area (Å²) in [5, 5.41) is 2.51. The summed E-state index contributed by atoms with van der Waals surface area (Å²) in [6, 6.07) is 12.9. The molecule has 2 rings (SSSR count). The zero-order chi connectivity index (χ0) is 35.4. The average Bonchev–Trinajstić information content (AvgIpc) is 3.04. The van der Waals surface area contributed by atoms with Crippen LogP contribution in [0.1, 0.15) is 38.2 Å². The molecule has 0 aromatic heterocycles. The van der Waals surface area contributed by atoms with Crippen molar-refractivity contribution in [3.8, 4) is 0 Å². The van der Waals surface area contributed by atoms with Gasteiger partial charge in [0.15, 0.2) is 11.9 Å². The van der Waals surface area contributed by atoms with Gasteiger partial charge in [-0.15, -0.1) is 24.8 Å². The number of rotatable bonds is 17. The first-order valence-electron chi connectivity index (χ1n) is 16.2. The maximum atomic E-state index is 4.32. The van der Waals surface area contributed by atoms with Gasteiger partial charge in [-0.2, -0.15) is 4.58 Å². The number of hydrogen-bond acceptors (Lipinski definition) is 4. The summed E-state index contributed by atoms with van der Waals surface area (Å²) in [6.45, 7) is 24.4. The first-order valence-corrected chi connectivity index (χ1v) is 18.2. The Morgan fingerprint density at radius 3 is 2.13 bits per heavy atom. The Morgan fingerprint density at radius 2 is 1.65 bits per heavy atom. The van der Waals surface area contributed by atoms with Crippen LogP contribution in [-0.2, 0) is 0 Å². The highest BCUT2D eigenvalue weighted by atomic mass is 33.1. The summed E-state index contributed by atoms with van der Waals surface area (Å²) in [4.78, 5) is 7.33. The molecule has 2 aromatic carbocycles. The third kappa shape index (κ3) is 21.0. The lowest BCUT2D eigenvalue weighted by Crippen LogP contribution is -3.05. The number of nitrogens with zero attached hydrogens (tertiary/aromatic N) is 4. The quantitative estimate of drug-likeness (QED) is 0.0263. The Kier molecular flexibility index (Phi) is 27.9. The molecule has 7 heteroatoms. The van der Waals surface area contributed by atoms with Crippen molar-refractivity contribution in [3.05, 3.63) is 98.8 Å². The predicted octanol–water partition coefficient (Wildman–Crippen LogP) is 7.74. The van der Waals surface area contributed by atoms with Gasteiger partial charge in [0.25, 0.3) is 0 Å². The zero-order valence-electron chi connectivity index (χ0n) is 30.5. The van der Waals surface area contributed by atoms with Gasteiger partial charge in [0.1, 0.15) is 6.54 Å². The third-order valence-electron chi connectivity index (χ3n) is 7.01. The van der Waals surface area contributed by atoms with Crippen molar-refractivity contribution in [3.63, 3.8) is 0 Å². The number of quaternary nitrogens is 2. The molecule has 0 saturated heterocycles. The minimum Gasteiger partial charge on any atom is -0.377 e. The van der Waals surface area contributed by atoms with Gasteiger partial charge in [-0.3, -0.25) is 4.99 Å². The molecule has 0 fully saturated rings. The van der Waals surface area contributed by atoms with Crippen LogP contribution in [0.3, 0.4) is 0 Å². The first kappa shape index (κ1) is 45.3. The van der Waals surface area contributed by atoms with Gasteiger partial charge in [0, 0.05) is 57.3 Å². The van der Waals surface area contributed by atoms with Crippen LogP contribution in [-0.4, -0.2) is 103 Å². The summed E-state index contributed by atoms with van der Waals surface area (Å²) >= 11 is 4.26. The number of unbranched alkanes of at least 4 members (excludes halogenated alkanes) is 2. The van der Waals surface area contributed by atoms with Gasteiger partial charge < -0.3 is 14.3 Å². The molecule has 0 aliphatic carbocycles. The Balaban J connectivity index is 0. The normalized spacial score (nSPS) is 11.3. The summed E-state index contributed by atoms with van der Waals surface area (Å²) in [5.41, 5.74) is 3.41. The second kappa shape index (κ2) is 28.4. The van der Waals surface area contributed by atoms with Crippen molar-refractivity contribution in [2.75, 3.05) is 86.2 Å². The minimum absolute atomic E-state index is 0.941. The SMILES string of the molecule is C=C.C=CC=NC.C=CC=[N+](CCCC[N+](C)(C)CCSS)C(=C)/C=C/c1ccc(N(C)C)c2ccccc12.CCCC[NH+](C)C. The van der Waals surface area contributed by atoms with E-state index in [2.05, 4.69) is 157 Å². The van der Waals surface area contributed by atoms with Crippen LogP contribution in [0, 0.1) is 0 Å². The number of aliphatic imine (C=N–C) groups is 1. The second-order valence-corrected chi connectivity index (χ2v) is 13.3. The van der Waals surface area contributed by atoms with Crippen molar-refractivity contribution >= 4 is 57.4 Å². The molecule has 0 saturated carbocycles. The van der Waals surface area contributed by atoms with Gasteiger partial charge in [-0.25, -0.2) is 0 Å². The molecule has 0 radical (unpaired) electrons. The lowest BCUT2D eigenvalue weighted by Gasteiger charge is -2.29. The van der Waals surface area contributed by atoms with Gasteiger partial charge >= 0.3 is 0 Å². The largest absolute Gasteiger partial charge is 0.377 e. The van der Waals surface area contributed by atoms with E-state index in [1.54, 1.807) is 35.0 Å². The van der Waals surface area contributed by atoms with E-state index in [1.807, 2.05) is 12.3 Å². The summed E-state index contributed by atoms with van der Waals surface area (Å²) in [5.74, 6) is 1.08. The van der Waals surface area contributed by atoms with Crippen LogP contribution in [0.4, 0.5) is 5.69 Å². The number of hydrogen-bond donors (Lipinski definition) is 2. The molecule has 5 nitrogen and oxygen atoms in total. The molecule has 0 atom stereocenters. The van der Waals surface area contributed by atoms with E-state index in [4.69, 9.17) is 0 Å². The van der Waals surface area contributed by atoms with Crippen LogP contribution in [0.25, 0.3) is 16.8 Å². The average molecular weight is 669 g/mol. The molecule has 2 aromatic rings. The lowest BCUT2D eigenvalue weighted by atomic mass is 10.0. The standard InChI is InChI=1S/C27H38N3S2.C6H15N.C4H7N.C2H4/c1-7-18-29(19-10-11-20-30(5,6)21-22-32-31)23(2)14-15-24-16-17-27(28(3)4)26-13-9-8-12-25(24)26;1-4-5-6-7(2)3;1-3-4-5-2;1-2/h7-9,12-18H,1-2,10-11,19-22H2,3-6H3;4-6H2,1-3H3;3-4H,1H2,2H3;1-2H2/q+1;;;/p+2/b15-14+,29-18?;;;. The fourth-order valence-electron chi connectivity index (χ4n) is 4.42. The van der Waals surface area contributed by atoms with E-state index >= 15 is 0 Å². The molecule has 1 N–H and O–H groups in total. The van der Waals surface area contributed by atoms with Crippen molar-refractivity contribution in [1.82, 2.24) is 0 Å². The molecule has 256 valence electrons. The summed E-state index contributed by atoms with van der Waals surface area (Å²) < 4.78 is 3.24. The number of thiol groups is 1. The Hall–Kier alpha value is -2.84. The molecule has 0 bridgehead atoms. The second-order valence-electron chi connectivity index (χ2n) is 11.9. The first-order chi connectivity index (χ1) is 22.0. The van der Waals surface area contributed by atoms with E-state index in [0.29, 0.717) is 0 Å². The summed E-state index contributed by atoms with van der Waals surface area (Å²) in [7, 11) is 16.5. The van der Waals surface area contributed by atoms with E-state index in [1.165, 1.54) is 54.4 Å². The molecular weight excluding hydrogens is 603 g/mol. The van der Waals surface area contributed by atoms with Crippen LogP contribution in [0.15, 0.2) is 98.2 Å². The molecule has 0 unspecified atom stereocenters. The van der Waals surface area contributed by atoms with Gasteiger partial charge in [-0.1, -0.05) is 73.7 Å². The van der Waals surface area contributed by atoms with Crippen LogP contribution in [0.5, 0.6) is 0 Å². The van der Waals surface area contributed by atoms with Gasteiger partial charge in [-0.05, 0) is 42.2 Å². The molecule has 0 heterocycles. The number of benzene rings is 2. The van der Waals surface area contributed by atoms with E-state index in [-0.39, 0.29) is 0 Å². The Labute approximate surface area is 292 Å². The maximum Gasteiger partial charge on any atom is 0.197 e. The highest BCUT2D eigenvalue weighted by molar-refractivity contribution is 8.68. The highest BCUT2D eigenvalue weighted by Gasteiger charge is 2.15. The molecule has 0 amide bonds. The van der Waals surface area contributed by atoms with Crippen molar-refractivity contribution in [2.45, 2.75) is 32.6 Å². The van der Waals surface area contributed by atoms with Crippen LogP contribution < -0.4 is 9.80 Å². The van der Waals surface area contributed by atoms with Gasteiger partial charge in [0.2, 0.25) is 0 Å². The monoisotopic (exact) mass is 668 g/mol. The fraction of sp³-hybridized carbons (Fsp3) is 0.436. The zero-order valence-corrected chi connectivity index (χ0v) is 32.2. The molecule has 0 spiro atoms. The highest BCUT2D eigenvalue weighted by Crippen LogP contribution is 2.29. The Morgan fingerprint density at radius 1 is 1.00 bits per heavy atom. The topological polar surface area (TPSA) is 23.1 Å². The predicted molar refractivity (Wildman–Crippen MR) is 219 cm³/mol. The smallest absolute Gasteiger partial charge is 0.197 e. The lowest BCUT2D eigenvalue weighted by molar-refractivity contribution is -0.888. The van der Waals surface area contributed by atoms with Gasteiger partial charge in [0.05, 0.1) is 53.6 Å². The molecule has 0 aliphatic rings. The van der Waals surface area contributed by atoms with Crippen LogP contribution >= 0.6 is 22.5 Å². The van der Waals surface area contributed by atoms with Crippen LogP contribution in [0.2, 0.25) is 0 Å². The Bertz CT molecular complexity index is 1210. The molecular formula is C39H66N5S2+3. The fourth-order valence-corrected chi connectivity index (χ4v) is 5.24. The van der Waals surface area contributed by atoms with E-state index in [0.717, 1.165) is 35.4 Å². The van der Waals surface area contributed by atoms with E-state index in [9.17, 15) is 0 Å². The van der Waals surface area contributed by atoms with Crippen molar-refractivity contribution < 1.29 is 14.0 Å². The van der Waals surface area contributed by atoms with Crippen molar-refractivity contribution in [1.29, 1.82) is 0 Å². The third-order valence-corrected chi connectivity index (χ3v) is 7.92. The summed E-state index contributed by atoms with van der Waals surface area (Å²) in [6.07, 6.45) is 16.4. The number of nitrogens with one attached hydrogen (secondary N) is 1. The maximum absolute atomic E-state index is 4.32. The molecule has 46 heavy (non-hydrogen) atoms. The van der Waals surface area contributed by atoms with E-state index < -0.39 is 0 Å². The molecule has 0 aliphatic heterocycles.